The van der Waals surface area contributed by atoms with E-state index in [0.717, 1.165) is 30.9 Å². The first-order valence-corrected chi connectivity index (χ1v) is 8.23. The maximum atomic E-state index is 12.1. The molecule has 0 unspecified atom stereocenters. The second-order valence-corrected chi connectivity index (χ2v) is 6.47. The SMILES string of the molecule is O=C(N/N=C1/CC[C@@H]2CCCC[C@H]2C1)c1cccc([N+](=O)[O-])c1. The Morgan fingerprint density at radius 2 is 2.00 bits per heavy atom. The number of nitro benzene ring substituents is 1. The number of nitro groups is 1. The summed E-state index contributed by atoms with van der Waals surface area (Å²) < 4.78 is 0. The summed E-state index contributed by atoms with van der Waals surface area (Å²) in [5.74, 6) is 1.15. The molecule has 2 atom stereocenters. The van der Waals surface area contributed by atoms with Crippen LogP contribution in [0.1, 0.15) is 55.3 Å². The molecule has 0 spiro atoms. The Labute approximate surface area is 135 Å². The van der Waals surface area contributed by atoms with E-state index in [1.807, 2.05) is 0 Å². The number of fused-ring (bicyclic) bond motifs is 1. The number of hydrogen-bond acceptors (Lipinski definition) is 4. The summed E-state index contributed by atoms with van der Waals surface area (Å²) in [6.45, 7) is 0. The summed E-state index contributed by atoms with van der Waals surface area (Å²) in [6, 6.07) is 5.70. The van der Waals surface area contributed by atoms with Gasteiger partial charge in [-0.1, -0.05) is 25.3 Å². The lowest BCUT2D eigenvalue weighted by molar-refractivity contribution is -0.384. The smallest absolute Gasteiger partial charge is 0.267 e. The van der Waals surface area contributed by atoms with Gasteiger partial charge in [0.25, 0.3) is 11.6 Å². The number of rotatable bonds is 3. The van der Waals surface area contributed by atoms with E-state index in [-0.39, 0.29) is 11.3 Å². The van der Waals surface area contributed by atoms with Gasteiger partial charge in [-0.25, -0.2) is 5.43 Å². The lowest BCUT2D eigenvalue weighted by atomic mass is 9.70. The van der Waals surface area contributed by atoms with Crippen LogP contribution in [-0.4, -0.2) is 16.5 Å². The van der Waals surface area contributed by atoms with E-state index in [1.165, 1.54) is 43.9 Å². The molecule has 6 nitrogen and oxygen atoms in total. The zero-order valence-corrected chi connectivity index (χ0v) is 13.0. The molecular weight excluding hydrogens is 294 g/mol. The molecule has 1 aromatic rings. The molecule has 0 saturated heterocycles. The zero-order chi connectivity index (χ0) is 16.2. The van der Waals surface area contributed by atoms with Crippen LogP contribution in [0.4, 0.5) is 5.69 Å². The molecule has 23 heavy (non-hydrogen) atoms. The van der Waals surface area contributed by atoms with Gasteiger partial charge in [-0.15, -0.1) is 0 Å². The number of hydrazone groups is 1. The predicted molar refractivity (Wildman–Crippen MR) is 87.3 cm³/mol. The van der Waals surface area contributed by atoms with Crippen LogP contribution in [0.25, 0.3) is 0 Å². The van der Waals surface area contributed by atoms with Gasteiger partial charge in [0.15, 0.2) is 0 Å². The van der Waals surface area contributed by atoms with Gasteiger partial charge in [0.2, 0.25) is 0 Å². The van der Waals surface area contributed by atoms with Crippen LogP contribution in [-0.2, 0) is 0 Å². The highest BCUT2D eigenvalue weighted by atomic mass is 16.6. The van der Waals surface area contributed by atoms with Crippen molar-refractivity contribution in [2.45, 2.75) is 44.9 Å². The molecule has 1 amide bonds. The average Bonchev–Trinajstić information content (AvgIpc) is 2.59. The van der Waals surface area contributed by atoms with Crippen molar-refractivity contribution in [3.63, 3.8) is 0 Å². The van der Waals surface area contributed by atoms with Crippen LogP contribution in [0.15, 0.2) is 29.4 Å². The van der Waals surface area contributed by atoms with Crippen molar-refractivity contribution in [1.29, 1.82) is 0 Å². The van der Waals surface area contributed by atoms with Crippen molar-refractivity contribution >= 4 is 17.3 Å². The molecule has 2 saturated carbocycles. The van der Waals surface area contributed by atoms with Crippen LogP contribution in [0, 0.1) is 22.0 Å². The second-order valence-electron chi connectivity index (χ2n) is 6.47. The van der Waals surface area contributed by atoms with Crippen LogP contribution in [0.5, 0.6) is 0 Å². The molecule has 2 fully saturated rings. The summed E-state index contributed by atoms with van der Waals surface area (Å²) in [4.78, 5) is 22.4. The van der Waals surface area contributed by atoms with Crippen molar-refractivity contribution < 1.29 is 9.72 Å². The van der Waals surface area contributed by atoms with Crippen molar-refractivity contribution in [3.05, 3.63) is 39.9 Å². The number of carbonyl (C=O) groups is 1. The van der Waals surface area contributed by atoms with Crippen molar-refractivity contribution in [1.82, 2.24) is 5.43 Å². The molecule has 0 bridgehead atoms. The number of benzene rings is 1. The standard InChI is InChI=1S/C17H21N3O3/c21-17(14-6-3-7-16(11-14)20(22)23)19-18-15-9-8-12-4-1-2-5-13(12)10-15/h3,6-7,11-13H,1-2,4-5,8-10H2,(H,19,21)/b18-15-/t12-,13-/m0/s1. The highest BCUT2D eigenvalue weighted by Gasteiger charge is 2.30. The van der Waals surface area contributed by atoms with Gasteiger partial charge >= 0.3 is 0 Å². The molecule has 6 heteroatoms. The van der Waals surface area contributed by atoms with E-state index in [0.29, 0.717) is 5.92 Å². The Bertz CT molecular complexity index is 642. The number of non-ortho nitro benzene ring substituents is 1. The summed E-state index contributed by atoms with van der Waals surface area (Å²) in [5, 5.41) is 15.0. The molecule has 0 aliphatic heterocycles. The largest absolute Gasteiger partial charge is 0.271 e. The normalized spacial score (nSPS) is 25.7. The number of hydrogen-bond donors (Lipinski definition) is 1. The van der Waals surface area contributed by atoms with E-state index >= 15 is 0 Å². The highest BCUT2D eigenvalue weighted by molar-refractivity contribution is 5.96. The number of carbonyl (C=O) groups excluding carboxylic acids is 1. The first-order valence-electron chi connectivity index (χ1n) is 8.23. The van der Waals surface area contributed by atoms with Gasteiger partial charge in [-0.2, -0.15) is 5.10 Å². The van der Waals surface area contributed by atoms with Gasteiger partial charge in [-0.3, -0.25) is 14.9 Å². The fourth-order valence-electron chi connectivity index (χ4n) is 3.75. The van der Waals surface area contributed by atoms with Gasteiger partial charge in [0.05, 0.1) is 4.92 Å². The van der Waals surface area contributed by atoms with Gasteiger partial charge in [-0.05, 0) is 43.6 Å². The minimum atomic E-state index is -0.507. The summed E-state index contributed by atoms with van der Waals surface area (Å²) in [7, 11) is 0. The molecule has 0 radical (unpaired) electrons. The van der Waals surface area contributed by atoms with Crippen LogP contribution < -0.4 is 5.43 Å². The first kappa shape index (κ1) is 15.6. The Hall–Kier alpha value is -2.24. The monoisotopic (exact) mass is 315 g/mol. The van der Waals surface area contributed by atoms with E-state index in [1.54, 1.807) is 6.07 Å². The summed E-state index contributed by atoms with van der Waals surface area (Å²) >= 11 is 0. The van der Waals surface area contributed by atoms with E-state index in [2.05, 4.69) is 10.5 Å². The quantitative estimate of drug-likeness (QED) is 0.682. The highest BCUT2D eigenvalue weighted by Crippen LogP contribution is 2.39. The number of amides is 1. The molecule has 0 aromatic heterocycles. The molecular formula is C17H21N3O3. The Morgan fingerprint density at radius 3 is 2.78 bits per heavy atom. The minimum Gasteiger partial charge on any atom is -0.267 e. The summed E-state index contributed by atoms with van der Waals surface area (Å²) in [5.41, 5.74) is 3.77. The fourth-order valence-corrected chi connectivity index (χ4v) is 3.75. The summed E-state index contributed by atoms with van der Waals surface area (Å²) in [6.07, 6.45) is 8.32. The van der Waals surface area contributed by atoms with Gasteiger partial charge < -0.3 is 0 Å². The Morgan fingerprint density at radius 1 is 1.22 bits per heavy atom. The fraction of sp³-hybridized carbons (Fsp3) is 0.529. The predicted octanol–water partition coefficient (Wildman–Crippen LogP) is 3.67. The van der Waals surface area contributed by atoms with Crippen LogP contribution in [0.2, 0.25) is 0 Å². The van der Waals surface area contributed by atoms with Crippen molar-refractivity contribution in [3.8, 4) is 0 Å². The van der Waals surface area contributed by atoms with Crippen molar-refractivity contribution in [2.75, 3.05) is 0 Å². The van der Waals surface area contributed by atoms with E-state index in [9.17, 15) is 14.9 Å². The molecule has 1 N–H and O–H groups in total. The minimum absolute atomic E-state index is 0.0898. The second kappa shape index (κ2) is 6.89. The van der Waals surface area contributed by atoms with Crippen LogP contribution >= 0.6 is 0 Å². The average molecular weight is 315 g/mol. The lowest BCUT2D eigenvalue weighted by Gasteiger charge is -2.35. The van der Waals surface area contributed by atoms with E-state index in [4.69, 9.17) is 0 Å². The Balaban J connectivity index is 1.62. The number of nitrogens with zero attached hydrogens (tertiary/aromatic N) is 2. The molecule has 122 valence electrons. The third-order valence-corrected chi connectivity index (χ3v) is 5.00. The maximum Gasteiger partial charge on any atom is 0.271 e. The zero-order valence-electron chi connectivity index (χ0n) is 13.0. The van der Waals surface area contributed by atoms with Crippen LogP contribution in [0.3, 0.4) is 0 Å². The molecule has 2 aliphatic carbocycles. The number of nitrogens with one attached hydrogen (secondary N) is 1. The lowest BCUT2D eigenvalue weighted by Crippen LogP contribution is -2.29. The molecule has 2 aliphatic rings. The van der Waals surface area contributed by atoms with Crippen molar-refractivity contribution in [2.24, 2.45) is 16.9 Å². The third-order valence-electron chi connectivity index (χ3n) is 5.00. The van der Waals surface area contributed by atoms with Gasteiger partial charge in [0.1, 0.15) is 0 Å². The van der Waals surface area contributed by atoms with Gasteiger partial charge in [0, 0.05) is 23.4 Å². The topological polar surface area (TPSA) is 84.6 Å². The first-order chi connectivity index (χ1) is 11.1. The Kier molecular flexibility index (Phi) is 4.69. The van der Waals surface area contributed by atoms with E-state index < -0.39 is 10.8 Å². The molecule has 1 aromatic carbocycles. The molecule has 0 heterocycles. The molecule has 3 rings (SSSR count). The third kappa shape index (κ3) is 3.75. The maximum absolute atomic E-state index is 12.1.